The van der Waals surface area contributed by atoms with Crippen molar-refractivity contribution in [3.8, 4) is 0 Å². The molecule has 1 amide bonds. The fraction of sp³-hybridized carbons (Fsp3) is 0.250. The van der Waals surface area contributed by atoms with Crippen LogP contribution in [0.1, 0.15) is 25.0 Å². The molecule has 2 aromatic rings. The third kappa shape index (κ3) is 3.63. The third-order valence-electron chi connectivity index (χ3n) is 3.11. The Morgan fingerprint density at radius 2 is 1.95 bits per heavy atom. The van der Waals surface area contributed by atoms with Crippen LogP contribution in [0.3, 0.4) is 0 Å². The first kappa shape index (κ1) is 14.2. The monoisotopic (exact) mass is 272 g/mol. The van der Waals surface area contributed by atoms with E-state index in [-0.39, 0.29) is 18.1 Å². The van der Waals surface area contributed by atoms with Gasteiger partial charge in [-0.3, -0.25) is 9.78 Å². The van der Waals surface area contributed by atoms with Crippen molar-refractivity contribution in [1.82, 2.24) is 10.3 Å². The Bertz CT molecular complexity index is 579. The second-order valence-corrected chi connectivity index (χ2v) is 5.22. The maximum absolute atomic E-state index is 12.9. The number of hydrogen-bond donors (Lipinski definition) is 1. The number of benzene rings is 1. The van der Waals surface area contributed by atoms with Crippen molar-refractivity contribution in [1.29, 1.82) is 0 Å². The van der Waals surface area contributed by atoms with Crippen molar-refractivity contribution in [2.75, 3.05) is 0 Å². The molecule has 0 aliphatic rings. The minimum Gasteiger partial charge on any atom is -0.347 e. The predicted octanol–water partition coefficient (Wildman–Crippen LogP) is 2.81. The van der Waals surface area contributed by atoms with Crippen molar-refractivity contribution < 1.29 is 9.18 Å². The Balaban J connectivity index is 2.04. The molecule has 1 aromatic carbocycles. The number of carbonyl (C=O) groups is 1. The van der Waals surface area contributed by atoms with E-state index < -0.39 is 5.54 Å². The molecule has 0 fully saturated rings. The van der Waals surface area contributed by atoms with Gasteiger partial charge in [-0.15, -0.1) is 0 Å². The van der Waals surface area contributed by atoms with Gasteiger partial charge in [0.1, 0.15) is 5.82 Å². The van der Waals surface area contributed by atoms with E-state index in [0.29, 0.717) is 0 Å². The summed E-state index contributed by atoms with van der Waals surface area (Å²) in [6.07, 6.45) is 3.62. The van der Waals surface area contributed by atoms with Gasteiger partial charge in [0.05, 0.1) is 12.0 Å². The molecule has 1 aromatic heterocycles. The van der Waals surface area contributed by atoms with E-state index in [4.69, 9.17) is 0 Å². The number of amides is 1. The molecule has 0 bridgehead atoms. The molecule has 0 saturated carbocycles. The minimum atomic E-state index is -0.549. The van der Waals surface area contributed by atoms with Gasteiger partial charge in [-0.2, -0.15) is 0 Å². The standard InChI is InChI=1S/C16H17FN2O/c1-16(2,13-5-7-14(17)8-6-13)19-15(20)10-12-4-3-9-18-11-12/h3-9,11H,10H2,1-2H3,(H,19,20). The van der Waals surface area contributed by atoms with Crippen LogP contribution >= 0.6 is 0 Å². The van der Waals surface area contributed by atoms with E-state index in [1.807, 2.05) is 19.9 Å². The lowest BCUT2D eigenvalue weighted by Gasteiger charge is -2.27. The van der Waals surface area contributed by atoms with Crippen molar-refractivity contribution in [2.45, 2.75) is 25.8 Å². The van der Waals surface area contributed by atoms with Gasteiger partial charge in [0, 0.05) is 12.4 Å². The predicted molar refractivity (Wildman–Crippen MR) is 75.5 cm³/mol. The second-order valence-electron chi connectivity index (χ2n) is 5.22. The Morgan fingerprint density at radius 3 is 2.55 bits per heavy atom. The fourth-order valence-corrected chi connectivity index (χ4v) is 2.02. The molecule has 3 nitrogen and oxygen atoms in total. The normalized spacial score (nSPS) is 11.2. The van der Waals surface area contributed by atoms with Gasteiger partial charge in [-0.05, 0) is 43.2 Å². The Kier molecular flexibility index (Phi) is 4.13. The summed E-state index contributed by atoms with van der Waals surface area (Å²) < 4.78 is 12.9. The fourth-order valence-electron chi connectivity index (χ4n) is 2.02. The van der Waals surface area contributed by atoms with Gasteiger partial charge in [0.2, 0.25) is 5.91 Å². The zero-order valence-electron chi connectivity index (χ0n) is 11.6. The molecule has 104 valence electrons. The van der Waals surface area contributed by atoms with Crippen molar-refractivity contribution in [3.63, 3.8) is 0 Å². The number of nitrogens with zero attached hydrogens (tertiary/aromatic N) is 1. The van der Waals surface area contributed by atoms with Crippen molar-refractivity contribution in [3.05, 3.63) is 65.7 Å². The summed E-state index contributed by atoms with van der Waals surface area (Å²) in [5.74, 6) is -0.376. The van der Waals surface area contributed by atoms with Gasteiger partial charge >= 0.3 is 0 Å². The Labute approximate surface area is 117 Å². The van der Waals surface area contributed by atoms with E-state index in [1.54, 1.807) is 30.6 Å². The molecule has 0 saturated heterocycles. The molecule has 0 spiro atoms. The molecule has 2 rings (SSSR count). The molecule has 0 radical (unpaired) electrons. The summed E-state index contributed by atoms with van der Waals surface area (Å²) in [7, 11) is 0. The lowest BCUT2D eigenvalue weighted by Crippen LogP contribution is -2.41. The second kappa shape index (κ2) is 5.82. The van der Waals surface area contributed by atoms with Crippen LogP contribution in [-0.2, 0) is 16.8 Å². The van der Waals surface area contributed by atoms with Crippen molar-refractivity contribution >= 4 is 5.91 Å². The highest BCUT2D eigenvalue weighted by atomic mass is 19.1. The number of carbonyl (C=O) groups excluding carboxylic acids is 1. The average molecular weight is 272 g/mol. The van der Waals surface area contributed by atoms with Crippen LogP contribution < -0.4 is 5.32 Å². The van der Waals surface area contributed by atoms with Crippen LogP contribution in [0.15, 0.2) is 48.8 Å². The van der Waals surface area contributed by atoms with Crippen LogP contribution in [0.4, 0.5) is 4.39 Å². The third-order valence-corrected chi connectivity index (χ3v) is 3.11. The molecule has 0 aliphatic heterocycles. The van der Waals surface area contributed by atoms with E-state index in [1.165, 1.54) is 12.1 Å². The lowest BCUT2D eigenvalue weighted by atomic mass is 9.94. The first-order valence-corrected chi connectivity index (χ1v) is 6.43. The number of rotatable bonds is 4. The van der Waals surface area contributed by atoms with Crippen LogP contribution in [0.2, 0.25) is 0 Å². The highest BCUT2D eigenvalue weighted by Gasteiger charge is 2.22. The maximum Gasteiger partial charge on any atom is 0.225 e. The number of pyridine rings is 1. The van der Waals surface area contributed by atoms with Gasteiger partial charge < -0.3 is 5.32 Å². The maximum atomic E-state index is 12.9. The molecule has 1 N–H and O–H groups in total. The minimum absolute atomic E-state index is 0.0904. The number of aromatic nitrogens is 1. The Hall–Kier alpha value is -2.23. The lowest BCUT2D eigenvalue weighted by molar-refractivity contribution is -0.122. The number of hydrogen-bond acceptors (Lipinski definition) is 2. The highest BCUT2D eigenvalue weighted by molar-refractivity contribution is 5.79. The smallest absolute Gasteiger partial charge is 0.225 e. The van der Waals surface area contributed by atoms with Crippen LogP contribution in [0.5, 0.6) is 0 Å². The Morgan fingerprint density at radius 1 is 1.25 bits per heavy atom. The van der Waals surface area contributed by atoms with Crippen molar-refractivity contribution in [2.24, 2.45) is 0 Å². The summed E-state index contributed by atoms with van der Waals surface area (Å²) in [5, 5.41) is 2.95. The molecule has 20 heavy (non-hydrogen) atoms. The van der Waals surface area contributed by atoms with Crippen LogP contribution in [-0.4, -0.2) is 10.9 Å². The highest BCUT2D eigenvalue weighted by Crippen LogP contribution is 2.20. The van der Waals surface area contributed by atoms with Gasteiger partial charge in [-0.1, -0.05) is 18.2 Å². The summed E-state index contributed by atoms with van der Waals surface area (Å²) >= 11 is 0. The molecular formula is C16H17FN2O. The molecule has 4 heteroatoms. The quantitative estimate of drug-likeness (QED) is 0.930. The average Bonchev–Trinajstić information content (AvgIpc) is 2.39. The summed E-state index contributed by atoms with van der Waals surface area (Å²) in [6.45, 7) is 3.78. The topological polar surface area (TPSA) is 42.0 Å². The van der Waals surface area contributed by atoms with Crippen LogP contribution in [0, 0.1) is 5.82 Å². The molecular weight excluding hydrogens is 255 g/mol. The van der Waals surface area contributed by atoms with E-state index >= 15 is 0 Å². The van der Waals surface area contributed by atoms with Crippen LogP contribution in [0.25, 0.3) is 0 Å². The van der Waals surface area contributed by atoms with E-state index in [9.17, 15) is 9.18 Å². The van der Waals surface area contributed by atoms with E-state index in [2.05, 4.69) is 10.3 Å². The molecule has 0 aliphatic carbocycles. The summed E-state index contributed by atoms with van der Waals surface area (Å²) in [4.78, 5) is 16.0. The van der Waals surface area contributed by atoms with E-state index in [0.717, 1.165) is 11.1 Å². The first-order valence-electron chi connectivity index (χ1n) is 6.43. The zero-order valence-corrected chi connectivity index (χ0v) is 11.6. The first-order chi connectivity index (χ1) is 9.47. The van der Waals surface area contributed by atoms with Gasteiger partial charge in [0.25, 0.3) is 0 Å². The largest absolute Gasteiger partial charge is 0.347 e. The zero-order chi connectivity index (χ0) is 14.6. The SMILES string of the molecule is CC(C)(NC(=O)Cc1cccnc1)c1ccc(F)cc1. The van der Waals surface area contributed by atoms with Gasteiger partial charge in [-0.25, -0.2) is 4.39 Å². The number of halogens is 1. The molecule has 0 atom stereocenters. The summed E-state index contributed by atoms with van der Waals surface area (Å²) in [6, 6.07) is 9.80. The molecule has 0 unspecified atom stereocenters. The molecule has 1 heterocycles. The summed E-state index contributed by atoms with van der Waals surface area (Å²) in [5.41, 5.74) is 1.17. The van der Waals surface area contributed by atoms with Gasteiger partial charge in [0.15, 0.2) is 0 Å². The number of nitrogens with one attached hydrogen (secondary N) is 1.